The standard InChI is InChI=1S/C39H78N6O3/c1-29(10-4-19-44-21-9-22-45-20-5-15-40)32-11-12-33-37-34(28-36(39(32,33)3)48-25-8-18-43)38(2)14-13-31(46-23-6-16-41)26-30(38)27-35(37)47-24-7-17-42/h29-37,44-45H,4-28,40-43H2,1-3H3/t29-,30?,31-,32-,33+,34?,35-,36+,37?,38?,39?/m1/s1. The molecular formula is C39H78N6O3. The van der Waals surface area contributed by atoms with E-state index in [0.717, 1.165) is 91.1 Å². The molecule has 282 valence electrons. The van der Waals surface area contributed by atoms with Crippen LogP contribution in [0.5, 0.6) is 0 Å². The second-order valence-electron chi connectivity index (χ2n) is 16.6. The van der Waals surface area contributed by atoms with Gasteiger partial charge in [-0.2, -0.15) is 0 Å². The van der Waals surface area contributed by atoms with E-state index in [1.165, 1.54) is 51.4 Å². The van der Waals surface area contributed by atoms with Gasteiger partial charge in [-0.15, -0.1) is 0 Å². The Hall–Kier alpha value is -0.360. The first-order valence-corrected chi connectivity index (χ1v) is 20.4. The van der Waals surface area contributed by atoms with Crippen molar-refractivity contribution < 1.29 is 14.2 Å². The second kappa shape index (κ2) is 20.6. The van der Waals surface area contributed by atoms with Gasteiger partial charge in [0.05, 0.1) is 18.3 Å². The van der Waals surface area contributed by atoms with Gasteiger partial charge in [-0.25, -0.2) is 0 Å². The molecule has 4 aliphatic carbocycles. The number of ether oxygens (including phenoxy) is 3. The third-order valence-corrected chi connectivity index (χ3v) is 13.8. The zero-order valence-electron chi connectivity index (χ0n) is 31.4. The highest BCUT2D eigenvalue weighted by Crippen LogP contribution is 2.69. The molecule has 48 heavy (non-hydrogen) atoms. The minimum atomic E-state index is 0.166. The van der Waals surface area contributed by atoms with Gasteiger partial charge in [0.2, 0.25) is 0 Å². The summed E-state index contributed by atoms with van der Waals surface area (Å²) in [6, 6.07) is 0. The molecule has 9 heteroatoms. The van der Waals surface area contributed by atoms with E-state index in [9.17, 15) is 0 Å². The lowest BCUT2D eigenvalue weighted by molar-refractivity contribution is -0.227. The summed E-state index contributed by atoms with van der Waals surface area (Å²) in [7, 11) is 0. The van der Waals surface area contributed by atoms with Gasteiger partial charge in [0.25, 0.3) is 0 Å². The van der Waals surface area contributed by atoms with E-state index >= 15 is 0 Å². The lowest BCUT2D eigenvalue weighted by atomic mass is 9.43. The quantitative estimate of drug-likeness (QED) is 0.0815. The minimum Gasteiger partial charge on any atom is -0.378 e. The van der Waals surface area contributed by atoms with Crippen molar-refractivity contribution in [3.63, 3.8) is 0 Å². The summed E-state index contributed by atoms with van der Waals surface area (Å²) in [5.41, 5.74) is 23.8. The van der Waals surface area contributed by atoms with Gasteiger partial charge in [-0.05, 0) is 183 Å². The van der Waals surface area contributed by atoms with Gasteiger partial charge < -0.3 is 47.8 Å². The van der Waals surface area contributed by atoms with Crippen LogP contribution in [0, 0.1) is 46.3 Å². The lowest BCUT2D eigenvalue weighted by Crippen LogP contribution is -2.63. The van der Waals surface area contributed by atoms with Crippen molar-refractivity contribution in [1.29, 1.82) is 0 Å². The molecular weight excluding hydrogens is 600 g/mol. The number of hydrogen-bond acceptors (Lipinski definition) is 9. The van der Waals surface area contributed by atoms with Crippen LogP contribution >= 0.6 is 0 Å². The Morgan fingerprint density at radius 3 is 1.98 bits per heavy atom. The Morgan fingerprint density at radius 2 is 1.29 bits per heavy atom. The average Bonchev–Trinajstić information content (AvgIpc) is 3.44. The molecule has 4 fully saturated rings. The van der Waals surface area contributed by atoms with Crippen molar-refractivity contribution >= 4 is 0 Å². The fourth-order valence-corrected chi connectivity index (χ4v) is 11.2. The van der Waals surface area contributed by atoms with Crippen molar-refractivity contribution in [3.8, 4) is 0 Å². The molecule has 4 aliphatic rings. The van der Waals surface area contributed by atoms with Crippen LogP contribution in [0.25, 0.3) is 0 Å². The molecule has 0 saturated heterocycles. The Bertz CT molecular complexity index is 885. The normalized spacial score (nSPS) is 36.8. The molecule has 0 radical (unpaired) electrons. The number of nitrogens with one attached hydrogen (secondary N) is 2. The SMILES string of the molecule is C[C@H](CCCNCCCNCCCN)[C@H]1CC[C@H]2C3C(C[C@H](OCCCN)C12C)C1(C)CC[C@@H](OCCCN)CC1C[C@H]3OCCCN. The van der Waals surface area contributed by atoms with Gasteiger partial charge in [0, 0.05) is 25.2 Å². The third kappa shape index (κ3) is 9.94. The molecule has 11 atom stereocenters. The second-order valence-corrected chi connectivity index (χ2v) is 16.6. The smallest absolute Gasteiger partial charge is 0.0637 e. The maximum atomic E-state index is 7.02. The first-order chi connectivity index (χ1) is 23.3. The summed E-state index contributed by atoms with van der Waals surface area (Å²) in [5, 5.41) is 7.19. The van der Waals surface area contributed by atoms with Gasteiger partial charge in [0.1, 0.15) is 0 Å². The van der Waals surface area contributed by atoms with Crippen LogP contribution in [0.4, 0.5) is 0 Å². The van der Waals surface area contributed by atoms with Crippen LogP contribution < -0.4 is 33.6 Å². The average molecular weight is 679 g/mol. The zero-order valence-corrected chi connectivity index (χ0v) is 31.4. The molecule has 0 aromatic heterocycles. The molecule has 0 amide bonds. The molecule has 10 N–H and O–H groups in total. The Balaban J connectivity index is 1.46. The largest absolute Gasteiger partial charge is 0.378 e. The summed E-state index contributed by atoms with van der Waals surface area (Å²) in [6.07, 6.45) is 17.0. The van der Waals surface area contributed by atoms with Crippen LogP contribution in [0.3, 0.4) is 0 Å². The van der Waals surface area contributed by atoms with Crippen LogP contribution in [0.1, 0.15) is 111 Å². The van der Waals surface area contributed by atoms with Crippen LogP contribution in [0.2, 0.25) is 0 Å². The minimum absolute atomic E-state index is 0.166. The summed E-state index contributed by atoms with van der Waals surface area (Å²) < 4.78 is 20.3. The number of rotatable bonds is 24. The van der Waals surface area contributed by atoms with Gasteiger partial charge in [-0.1, -0.05) is 20.8 Å². The zero-order chi connectivity index (χ0) is 34.4. The van der Waals surface area contributed by atoms with E-state index in [4.69, 9.17) is 37.1 Å². The molecule has 0 bridgehead atoms. The number of fused-ring (bicyclic) bond motifs is 5. The number of nitrogens with two attached hydrogens (primary N) is 4. The Kier molecular flexibility index (Phi) is 17.4. The fourth-order valence-electron chi connectivity index (χ4n) is 11.2. The van der Waals surface area contributed by atoms with E-state index in [2.05, 4.69) is 31.4 Å². The molecule has 0 spiro atoms. The monoisotopic (exact) mass is 679 g/mol. The molecule has 0 aromatic carbocycles. The third-order valence-electron chi connectivity index (χ3n) is 13.8. The van der Waals surface area contributed by atoms with Gasteiger partial charge in [0.15, 0.2) is 0 Å². The number of hydrogen-bond donors (Lipinski definition) is 6. The van der Waals surface area contributed by atoms with Crippen LogP contribution in [-0.2, 0) is 14.2 Å². The Labute approximate surface area is 294 Å². The summed E-state index contributed by atoms with van der Waals surface area (Å²) >= 11 is 0. The molecule has 5 unspecified atom stereocenters. The van der Waals surface area contributed by atoms with E-state index in [-0.39, 0.29) is 11.5 Å². The van der Waals surface area contributed by atoms with Crippen molar-refractivity contribution in [2.24, 2.45) is 69.3 Å². The van der Waals surface area contributed by atoms with Crippen molar-refractivity contribution in [3.05, 3.63) is 0 Å². The predicted molar refractivity (Wildman–Crippen MR) is 199 cm³/mol. The molecule has 0 aliphatic heterocycles. The Morgan fingerprint density at radius 1 is 0.667 bits per heavy atom. The van der Waals surface area contributed by atoms with E-state index < -0.39 is 0 Å². The van der Waals surface area contributed by atoms with Crippen molar-refractivity contribution in [2.45, 2.75) is 129 Å². The molecule has 0 aromatic rings. The first-order valence-electron chi connectivity index (χ1n) is 20.4. The maximum absolute atomic E-state index is 7.02. The molecule has 4 saturated carbocycles. The molecule has 9 nitrogen and oxygen atoms in total. The topological polar surface area (TPSA) is 156 Å². The van der Waals surface area contributed by atoms with E-state index in [1.54, 1.807) is 0 Å². The summed E-state index contributed by atoms with van der Waals surface area (Å²) in [4.78, 5) is 0. The van der Waals surface area contributed by atoms with Crippen molar-refractivity contribution in [2.75, 3.05) is 72.2 Å². The van der Waals surface area contributed by atoms with Crippen molar-refractivity contribution in [1.82, 2.24) is 10.6 Å². The fraction of sp³-hybridized carbons (Fsp3) is 1.00. The molecule has 0 heterocycles. The van der Waals surface area contributed by atoms with E-state index in [0.29, 0.717) is 72.8 Å². The summed E-state index contributed by atoms with van der Waals surface area (Å²) in [5.74, 6) is 3.83. The first kappa shape index (κ1) is 40.4. The van der Waals surface area contributed by atoms with Crippen LogP contribution in [0.15, 0.2) is 0 Å². The predicted octanol–water partition coefficient (Wildman–Crippen LogP) is 4.40. The maximum Gasteiger partial charge on any atom is 0.0637 e. The van der Waals surface area contributed by atoms with Gasteiger partial charge >= 0.3 is 0 Å². The van der Waals surface area contributed by atoms with Gasteiger partial charge in [-0.3, -0.25) is 0 Å². The molecule has 4 rings (SSSR count). The van der Waals surface area contributed by atoms with E-state index in [1.807, 2.05) is 0 Å². The summed E-state index contributed by atoms with van der Waals surface area (Å²) in [6.45, 7) is 17.3. The highest BCUT2D eigenvalue weighted by molar-refractivity contribution is 5.15. The highest BCUT2D eigenvalue weighted by Gasteiger charge is 2.66. The highest BCUT2D eigenvalue weighted by atomic mass is 16.5. The van der Waals surface area contributed by atoms with Crippen LogP contribution in [-0.4, -0.2) is 90.5 Å². The lowest BCUT2D eigenvalue weighted by Gasteiger charge is -2.65.